The molecular weight excluding hydrogens is 484 g/mol. The van der Waals surface area contributed by atoms with Crippen LogP contribution in [0, 0.1) is 12.8 Å². The fourth-order valence-corrected chi connectivity index (χ4v) is 6.83. The largest absolute Gasteiger partial charge is 0.352 e. The van der Waals surface area contributed by atoms with Gasteiger partial charge in [0, 0.05) is 22.5 Å². The number of rotatable bonds is 4. The van der Waals surface area contributed by atoms with E-state index >= 15 is 0 Å². The summed E-state index contributed by atoms with van der Waals surface area (Å²) in [7, 11) is 0. The second kappa shape index (κ2) is 8.63. The molecule has 5 heteroatoms. The normalized spacial score (nSPS) is 24.2. The zero-order valence-electron chi connectivity index (χ0n) is 21.4. The molecule has 4 aromatic rings. The zero-order chi connectivity index (χ0) is 26.7. The summed E-state index contributed by atoms with van der Waals surface area (Å²) in [5.41, 5.74) is 3.94. The molecule has 39 heavy (non-hydrogen) atoms. The van der Waals surface area contributed by atoms with Crippen molar-refractivity contribution in [2.24, 2.45) is 5.92 Å². The third kappa shape index (κ3) is 3.23. The van der Waals surface area contributed by atoms with Gasteiger partial charge in [0.1, 0.15) is 11.5 Å². The minimum absolute atomic E-state index is 0.175. The molecule has 0 saturated carbocycles. The number of carbonyl (C=O) groups excluding carboxylic acids is 3. The summed E-state index contributed by atoms with van der Waals surface area (Å²) in [6.45, 7) is 1.98. The van der Waals surface area contributed by atoms with Gasteiger partial charge in [0.15, 0.2) is 11.6 Å². The van der Waals surface area contributed by atoms with Gasteiger partial charge < -0.3 is 10.2 Å². The highest BCUT2D eigenvalue weighted by Crippen LogP contribution is 2.58. The van der Waals surface area contributed by atoms with Gasteiger partial charge in [0.05, 0.1) is 12.0 Å². The van der Waals surface area contributed by atoms with Crippen LogP contribution in [0.3, 0.4) is 0 Å². The van der Waals surface area contributed by atoms with Crippen molar-refractivity contribution in [3.05, 3.63) is 137 Å². The Morgan fingerprint density at radius 2 is 1.44 bits per heavy atom. The van der Waals surface area contributed by atoms with Crippen molar-refractivity contribution < 1.29 is 14.4 Å². The molecule has 3 aliphatic rings. The summed E-state index contributed by atoms with van der Waals surface area (Å²) in [6.07, 6.45) is 4.02. The molecule has 190 valence electrons. The molecule has 1 N–H and O–H groups in total. The lowest BCUT2D eigenvalue weighted by Crippen LogP contribution is -2.51. The summed E-state index contributed by atoms with van der Waals surface area (Å²) in [6, 6.07) is 30.4. The van der Waals surface area contributed by atoms with Gasteiger partial charge in [-0.25, -0.2) is 0 Å². The monoisotopic (exact) mass is 510 g/mol. The molecule has 0 radical (unpaired) electrons. The number of para-hydroxylation sites is 1. The Hall–Kier alpha value is -4.77. The van der Waals surface area contributed by atoms with Crippen molar-refractivity contribution >= 4 is 34.9 Å². The van der Waals surface area contributed by atoms with Crippen LogP contribution in [0.5, 0.6) is 0 Å². The molecule has 1 saturated heterocycles. The summed E-state index contributed by atoms with van der Waals surface area (Å²) in [5.74, 6) is -1.60. The fourth-order valence-electron chi connectivity index (χ4n) is 6.83. The van der Waals surface area contributed by atoms with Gasteiger partial charge in [-0.15, -0.1) is 0 Å². The molecular formula is C34H26N2O3. The summed E-state index contributed by atoms with van der Waals surface area (Å²) in [4.78, 5) is 45.6. The summed E-state index contributed by atoms with van der Waals surface area (Å²) in [5, 5.41) is 3.09. The number of hydrogen-bond acceptors (Lipinski definition) is 4. The van der Waals surface area contributed by atoms with Crippen molar-refractivity contribution in [1.82, 2.24) is 0 Å². The van der Waals surface area contributed by atoms with Gasteiger partial charge >= 0.3 is 0 Å². The topological polar surface area (TPSA) is 66.5 Å². The van der Waals surface area contributed by atoms with E-state index in [2.05, 4.69) is 5.32 Å². The highest BCUT2D eigenvalue weighted by Gasteiger charge is 2.70. The van der Waals surface area contributed by atoms with E-state index in [1.807, 2.05) is 103 Å². The molecule has 1 unspecified atom stereocenters. The Bertz CT molecular complexity index is 1680. The number of carbonyl (C=O) groups is 3. The van der Waals surface area contributed by atoms with Crippen LogP contribution in [0.15, 0.2) is 109 Å². The first kappa shape index (κ1) is 23.4. The maximum Gasteiger partial charge on any atom is 0.238 e. The fraction of sp³-hybridized carbons (Fsp3) is 0.147. The Morgan fingerprint density at radius 3 is 2.15 bits per heavy atom. The quantitative estimate of drug-likeness (QED) is 0.350. The van der Waals surface area contributed by atoms with E-state index in [1.54, 1.807) is 24.3 Å². The van der Waals surface area contributed by atoms with E-state index < -0.39 is 23.4 Å². The summed E-state index contributed by atoms with van der Waals surface area (Å²) >= 11 is 0. The number of amides is 1. The first-order valence-electron chi connectivity index (χ1n) is 13.2. The van der Waals surface area contributed by atoms with Gasteiger partial charge in [0.2, 0.25) is 5.91 Å². The number of hydrogen-bond donors (Lipinski definition) is 1. The Labute approximate surface area is 226 Å². The number of fused-ring (bicyclic) bond motifs is 6. The Morgan fingerprint density at radius 1 is 0.795 bits per heavy atom. The van der Waals surface area contributed by atoms with Crippen molar-refractivity contribution in [3.8, 4) is 0 Å². The van der Waals surface area contributed by atoms with E-state index in [-0.39, 0.29) is 17.5 Å². The molecule has 1 amide bonds. The third-order valence-electron chi connectivity index (χ3n) is 8.46. The molecule has 1 fully saturated rings. The number of ketones is 2. The summed E-state index contributed by atoms with van der Waals surface area (Å²) < 4.78 is 0. The van der Waals surface area contributed by atoms with Gasteiger partial charge in [-0.2, -0.15) is 0 Å². The lowest BCUT2D eigenvalue weighted by molar-refractivity contribution is -0.121. The van der Waals surface area contributed by atoms with Gasteiger partial charge in [-0.3, -0.25) is 14.4 Å². The molecule has 5 nitrogen and oxygen atoms in total. The molecule has 4 atom stereocenters. The van der Waals surface area contributed by atoms with E-state index in [0.29, 0.717) is 16.8 Å². The number of aryl methyl sites for hydroxylation is 1. The third-order valence-corrected chi connectivity index (χ3v) is 8.46. The number of Topliss-reactive ketones (excluding diaryl/α,β-unsaturated/α-hetero) is 2. The lowest BCUT2D eigenvalue weighted by Gasteiger charge is -2.37. The van der Waals surface area contributed by atoms with Gasteiger partial charge in [0.25, 0.3) is 0 Å². The average molecular weight is 511 g/mol. The molecule has 4 aromatic carbocycles. The first-order chi connectivity index (χ1) is 19.0. The predicted octanol–water partition coefficient (Wildman–Crippen LogP) is 5.85. The van der Waals surface area contributed by atoms with Crippen LogP contribution < -0.4 is 10.2 Å². The average Bonchev–Trinajstić information content (AvgIpc) is 3.45. The van der Waals surface area contributed by atoms with E-state index in [4.69, 9.17) is 0 Å². The van der Waals surface area contributed by atoms with Crippen LogP contribution in [0.4, 0.5) is 11.4 Å². The van der Waals surface area contributed by atoms with Gasteiger partial charge in [-0.1, -0.05) is 109 Å². The SMILES string of the molecule is Cc1ccc2c(c1)[C@]1(C(=O)N2)C2C=Cc3ccccc3N2[C@@H](C(=O)c2ccccc2)[C@@H]1C(=O)c1ccccc1. The second-order valence-corrected chi connectivity index (χ2v) is 10.5. The minimum Gasteiger partial charge on any atom is -0.352 e. The minimum atomic E-state index is -1.30. The van der Waals surface area contributed by atoms with Crippen LogP contribution in [0.25, 0.3) is 6.08 Å². The molecule has 1 spiro atoms. The van der Waals surface area contributed by atoms with E-state index in [0.717, 1.165) is 22.4 Å². The van der Waals surface area contributed by atoms with Crippen molar-refractivity contribution in [2.75, 3.05) is 10.2 Å². The lowest BCUT2D eigenvalue weighted by atomic mass is 9.64. The molecule has 0 bridgehead atoms. The smallest absolute Gasteiger partial charge is 0.238 e. The Balaban J connectivity index is 1.56. The highest BCUT2D eigenvalue weighted by atomic mass is 16.2. The van der Waals surface area contributed by atoms with Crippen LogP contribution in [0.1, 0.15) is 37.4 Å². The maximum absolute atomic E-state index is 14.7. The van der Waals surface area contributed by atoms with E-state index in [9.17, 15) is 14.4 Å². The van der Waals surface area contributed by atoms with Crippen molar-refractivity contribution in [3.63, 3.8) is 0 Å². The van der Waals surface area contributed by atoms with Crippen molar-refractivity contribution in [2.45, 2.75) is 24.4 Å². The number of anilines is 2. The Kier molecular flexibility index (Phi) is 5.17. The van der Waals surface area contributed by atoms with Crippen LogP contribution in [0.2, 0.25) is 0 Å². The standard InChI is InChI=1S/C34H26N2O3/c1-21-16-18-26-25(20-21)34(33(39)35-26)28-19-17-22-10-8-9-15-27(22)36(28)30(32(38)24-13-6-3-7-14-24)29(34)31(37)23-11-4-2-5-12-23/h2-20,28-30H,1H3,(H,35,39)/t28?,29-,30-,34+/m1/s1. The molecule has 3 aliphatic heterocycles. The maximum atomic E-state index is 14.7. The molecule has 0 aliphatic carbocycles. The predicted molar refractivity (Wildman–Crippen MR) is 152 cm³/mol. The number of nitrogens with one attached hydrogen (secondary N) is 1. The molecule has 3 heterocycles. The van der Waals surface area contributed by atoms with Crippen molar-refractivity contribution in [1.29, 1.82) is 0 Å². The zero-order valence-corrected chi connectivity index (χ0v) is 21.4. The van der Waals surface area contributed by atoms with E-state index in [1.165, 1.54) is 0 Å². The number of nitrogens with zero attached hydrogens (tertiary/aromatic N) is 1. The second-order valence-electron chi connectivity index (χ2n) is 10.5. The van der Waals surface area contributed by atoms with Crippen LogP contribution >= 0.6 is 0 Å². The molecule has 7 rings (SSSR count). The molecule has 0 aromatic heterocycles. The van der Waals surface area contributed by atoms with Crippen LogP contribution in [-0.4, -0.2) is 29.6 Å². The van der Waals surface area contributed by atoms with Crippen LogP contribution in [-0.2, 0) is 10.2 Å². The van der Waals surface area contributed by atoms with Gasteiger partial charge in [-0.05, 0) is 30.2 Å². The first-order valence-corrected chi connectivity index (χ1v) is 13.2. The number of benzene rings is 4. The highest BCUT2D eigenvalue weighted by molar-refractivity contribution is 6.18.